The van der Waals surface area contributed by atoms with E-state index in [-0.39, 0.29) is 5.69 Å². The molecule has 0 unspecified atom stereocenters. The fraction of sp³-hybridized carbons (Fsp3) is 0.308. The minimum atomic E-state index is -4.85. The van der Waals surface area contributed by atoms with E-state index in [4.69, 9.17) is 11.7 Å². The minimum Gasteiger partial charge on any atom is -0.351 e. The molecule has 0 aromatic heterocycles. The number of rotatable bonds is 3. The third-order valence-corrected chi connectivity index (χ3v) is 2.45. The van der Waals surface area contributed by atoms with Crippen LogP contribution in [-0.4, -0.2) is 19.3 Å². The van der Waals surface area contributed by atoms with Gasteiger partial charge in [0.15, 0.2) is 0 Å². The third kappa shape index (κ3) is 4.60. The maximum Gasteiger partial charge on any atom is 0.417 e. The molecule has 0 bridgehead atoms. The van der Waals surface area contributed by atoms with Crippen molar-refractivity contribution in [2.45, 2.75) is 12.4 Å². The van der Waals surface area contributed by atoms with Crippen LogP contribution >= 0.6 is 0 Å². The lowest BCUT2D eigenvalue weighted by molar-refractivity contribution is -0.137. The van der Waals surface area contributed by atoms with E-state index in [1.54, 1.807) is 0 Å². The molecule has 0 spiro atoms. The number of benzene rings is 1. The summed E-state index contributed by atoms with van der Waals surface area (Å²) in [4.78, 5) is 0.580. The molecule has 21 heavy (non-hydrogen) atoms. The van der Waals surface area contributed by atoms with Gasteiger partial charge in [0, 0.05) is 5.69 Å². The Balaban J connectivity index is 3.29. The smallest absolute Gasteiger partial charge is 0.351 e. The number of halogens is 6. The zero-order valence-corrected chi connectivity index (χ0v) is 10.4. The SMILES string of the molecule is C#CCN(CC(F)(F)F)c1ccc(C#N)c(C(F)(F)F)c1. The molecule has 0 N–H and O–H groups in total. The van der Waals surface area contributed by atoms with E-state index in [1.807, 2.05) is 5.92 Å². The lowest BCUT2D eigenvalue weighted by atomic mass is 10.1. The van der Waals surface area contributed by atoms with Crippen molar-refractivity contribution in [1.82, 2.24) is 0 Å². The van der Waals surface area contributed by atoms with Crippen LogP contribution in [0.3, 0.4) is 0 Å². The average Bonchev–Trinajstić information content (AvgIpc) is 2.35. The van der Waals surface area contributed by atoms with Crippen molar-refractivity contribution in [3.05, 3.63) is 29.3 Å². The van der Waals surface area contributed by atoms with Gasteiger partial charge in [-0.25, -0.2) is 0 Å². The highest BCUT2D eigenvalue weighted by atomic mass is 19.4. The molecule has 0 radical (unpaired) electrons. The molecule has 8 heteroatoms. The molecule has 0 aliphatic heterocycles. The highest BCUT2D eigenvalue weighted by Crippen LogP contribution is 2.35. The zero-order chi connectivity index (χ0) is 16.3. The maximum absolute atomic E-state index is 12.8. The van der Waals surface area contributed by atoms with Crippen LogP contribution < -0.4 is 4.90 Å². The van der Waals surface area contributed by atoms with Crippen LogP contribution in [0.1, 0.15) is 11.1 Å². The van der Waals surface area contributed by atoms with Crippen molar-refractivity contribution in [1.29, 1.82) is 5.26 Å². The highest BCUT2D eigenvalue weighted by molar-refractivity contribution is 5.55. The van der Waals surface area contributed by atoms with Crippen molar-refractivity contribution in [2.75, 3.05) is 18.0 Å². The molecule has 0 saturated carbocycles. The molecule has 1 rings (SSSR count). The van der Waals surface area contributed by atoms with Crippen molar-refractivity contribution in [2.24, 2.45) is 0 Å². The Labute approximate surface area is 116 Å². The third-order valence-electron chi connectivity index (χ3n) is 2.45. The largest absolute Gasteiger partial charge is 0.417 e. The Kier molecular flexibility index (Phi) is 4.74. The lowest BCUT2D eigenvalue weighted by Crippen LogP contribution is -2.34. The molecule has 1 aromatic rings. The van der Waals surface area contributed by atoms with E-state index < -0.39 is 36.6 Å². The topological polar surface area (TPSA) is 27.0 Å². The van der Waals surface area contributed by atoms with Gasteiger partial charge in [0.05, 0.1) is 23.7 Å². The summed E-state index contributed by atoms with van der Waals surface area (Å²) in [5.74, 6) is 1.96. The van der Waals surface area contributed by atoms with Crippen molar-refractivity contribution in [3.8, 4) is 18.4 Å². The van der Waals surface area contributed by atoms with Gasteiger partial charge in [-0.05, 0) is 18.2 Å². The summed E-state index contributed by atoms with van der Waals surface area (Å²) >= 11 is 0. The summed E-state index contributed by atoms with van der Waals surface area (Å²) in [5.41, 5.74) is -2.32. The van der Waals surface area contributed by atoms with Crippen LogP contribution in [0.5, 0.6) is 0 Å². The van der Waals surface area contributed by atoms with Crippen molar-refractivity contribution < 1.29 is 26.3 Å². The summed E-state index contributed by atoms with van der Waals surface area (Å²) in [7, 11) is 0. The first kappa shape index (κ1) is 16.7. The van der Waals surface area contributed by atoms with Crippen LogP contribution in [0.25, 0.3) is 0 Å². The monoisotopic (exact) mass is 306 g/mol. The fourth-order valence-electron chi connectivity index (χ4n) is 1.63. The minimum absolute atomic E-state index is 0.350. The predicted octanol–water partition coefficient (Wildman–Crippen LogP) is 3.58. The first-order chi connectivity index (χ1) is 9.58. The van der Waals surface area contributed by atoms with E-state index in [1.165, 1.54) is 6.07 Å². The predicted molar refractivity (Wildman–Crippen MR) is 63.3 cm³/mol. The van der Waals surface area contributed by atoms with Gasteiger partial charge in [-0.15, -0.1) is 6.42 Å². The number of hydrogen-bond acceptors (Lipinski definition) is 2. The van der Waals surface area contributed by atoms with Crippen LogP contribution in [0.15, 0.2) is 18.2 Å². The molecule has 0 amide bonds. The van der Waals surface area contributed by atoms with Gasteiger partial charge in [0.2, 0.25) is 0 Å². The van der Waals surface area contributed by atoms with Gasteiger partial charge >= 0.3 is 12.4 Å². The summed E-state index contributed by atoms with van der Waals surface area (Å²) in [6.45, 7) is -2.00. The van der Waals surface area contributed by atoms with E-state index in [2.05, 4.69) is 0 Å². The molecular formula is C13H8F6N2. The summed E-state index contributed by atoms with van der Waals surface area (Å²) in [5, 5.41) is 8.63. The molecule has 0 atom stereocenters. The number of nitriles is 1. The molecule has 0 fully saturated rings. The van der Waals surface area contributed by atoms with Crippen LogP contribution in [0, 0.1) is 23.7 Å². The van der Waals surface area contributed by atoms with E-state index in [0.29, 0.717) is 11.0 Å². The number of nitrogens with zero attached hydrogens (tertiary/aromatic N) is 2. The zero-order valence-electron chi connectivity index (χ0n) is 10.4. The molecule has 0 aliphatic rings. The summed E-state index contributed by atoms with van der Waals surface area (Å²) in [6, 6.07) is 3.65. The van der Waals surface area contributed by atoms with Gasteiger partial charge in [-0.2, -0.15) is 31.6 Å². The van der Waals surface area contributed by atoms with Gasteiger partial charge in [-0.1, -0.05) is 5.92 Å². The Morgan fingerprint density at radius 1 is 1.14 bits per heavy atom. The standard InChI is InChI=1S/C13H8F6N2/c1-2-5-21(8-12(14,15)16)10-4-3-9(7-20)11(6-10)13(17,18)19/h1,3-4,6H,5,8H2. The van der Waals surface area contributed by atoms with Crippen LogP contribution in [0.2, 0.25) is 0 Å². The maximum atomic E-state index is 12.8. The van der Waals surface area contributed by atoms with Crippen LogP contribution in [-0.2, 0) is 6.18 Å². The lowest BCUT2D eigenvalue weighted by Gasteiger charge is -2.24. The Hall–Kier alpha value is -2.35. The first-order valence-electron chi connectivity index (χ1n) is 5.45. The summed E-state index contributed by atoms with van der Waals surface area (Å²) < 4.78 is 75.5. The molecular weight excluding hydrogens is 298 g/mol. The van der Waals surface area contributed by atoms with Gasteiger partial charge in [-0.3, -0.25) is 0 Å². The molecule has 2 nitrogen and oxygen atoms in total. The second-order valence-electron chi connectivity index (χ2n) is 4.01. The van der Waals surface area contributed by atoms with Gasteiger partial charge < -0.3 is 4.90 Å². The van der Waals surface area contributed by atoms with Crippen molar-refractivity contribution in [3.63, 3.8) is 0 Å². The van der Waals surface area contributed by atoms with E-state index >= 15 is 0 Å². The quantitative estimate of drug-likeness (QED) is 0.630. The first-order valence-corrected chi connectivity index (χ1v) is 5.45. The second kappa shape index (κ2) is 5.96. The van der Waals surface area contributed by atoms with E-state index in [9.17, 15) is 26.3 Å². The molecule has 1 aromatic carbocycles. The highest BCUT2D eigenvalue weighted by Gasteiger charge is 2.35. The number of anilines is 1. The average molecular weight is 306 g/mol. The number of terminal acetylenes is 1. The van der Waals surface area contributed by atoms with Crippen molar-refractivity contribution >= 4 is 5.69 Å². The van der Waals surface area contributed by atoms with Crippen LogP contribution in [0.4, 0.5) is 32.0 Å². The second-order valence-corrected chi connectivity index (χ2v) is 4.01. The Morgan fingerprint density at radius 2 is 1.76 bits per heavy atom. The Bertz CT molecular complexity index is 589. The molecule has 0 saturated heterocycles. The fourth-order valence-corrected chi connectivity index (χ4v) is 1.63. The van der Waals surface area contributed by atoms with Gasteiger partial charge in [0.25, 0.3) is 0 Å². The normalized spacial score (nSPS) is 11.6. The molecule has 0 heterocycles. The molecule has 0 aliphatic carbocycles. The van der Waals surface area contributed by atoms with Gasteiger partial charge in [0.1, 0.15) is 6.54 Å². The summed E-state index contributed by atoms with van der Waals surface area (Å²) in [6.07, 6.45) is -4.54. The molecule has 112 valence electrons. The van der Waals surface area contributed by atoms with E-state index in [0.717, 1.165) is 12.1 Å². The Morgan fingerprint density at radius 3 is 2.19 bits per heavy atom. The number of hydrogen-bond donors (Lipinski definition) is 0. The number of alkyl halides is 6.